The van der Waals surface area contributed by atoms with Gasteiger partial charge < -0.3 is 10.2 Å². The summed E-state index contributed by atoms with van der Waals surface area (Å²) in [5, 5.41) is 18.6. The molecule has 0 amide bonds. The smallest absolute Gasteiger partial charge is 0.239 e. The molecule has 1 aromatic rings. The molecule has 0 unspecified atom stereocenters. The van der Waals surface area contributed by atoms with Crippen LogP contribution in [0.4, 0.5) is 0 Å². The number of ketones is 1. The molecule has 0 atom stereocenters. The first-order chi connectivity index (χ1) is 8.16. The van der Waals surface area contributed by atoms with Gasteiger partial charge in [-0.3, -0.25) is 4.79 Å². The molecule has 0 heterocycles. The van der Waals surface area contributed by atoms with Gasteiger partial charge in [0.05, 0.1) is 5.56 Å². The second-order valence-corrected chi connectivity index (χ2v) is 3.60. The van der Waals surface area contributed by atoms with Crippen LogP contribution in [0.3, 0.4) is 0 Å². The highest BCUT2D eigenvalue weighted by molar-refractivity contribution is 6.11. The Labute approximate surface area is 98.7 Å². The van der Waals surface area contributed by atoms with Crippen molar-refractivity contribution in [3.05, 3.63) is 47.6 Å². The number of benzene rings is 1. The summed E-state index contributed by atoms with van der Waals surface area (Å²) in [5.74, 6) is 4.40. The standard InChI is InChI=1S/C14H10O3/c15-11-6-7-12(14(17)9-11)13(16)8-5-10-3-1-2-4-10/h1-3,6-7,9,15,17H,4H2. The maximum Gasteiger partial charge on any atom is 0.239 e. The minimum Gasteiger partial charge on any atom is -0.508 e. The Morgan fingerprint density at radius 3 is 2.76 bits per heavy atom. The third kappa shape index (κ3) is 2.56. The third-order valence-corrected chi connectivity index (χ3v) is 2.33. The quantitative estimate of drug-likeness (QED) is 0.438. The SMILES string of the molecule is O=C(C#CC1=CC=CC1)c1ccc(O)cc1O. The van der Waals surface area contributed by atoms with Crippen LogP contribution in [0.25, 0.3) is 0 Å². The Morgan fingerprint density at radius 2 is 2.12 bits per heavy atom. The van der Waals surface area contributed by atoms with Crippen molar-refractivity contribution in [3.8, 4) is 23.3 Å². The van der Waals surface area contributed by atoms with Crippen molar-refractivity contribution in [1.29, 1.82) is 0 Å². The van der Waals surface area contributed by atoms with Crippen LogP contribution in [0.1, 0.15) is 16.8 Å². The fourth-order valence-corrected chi connectivity index (χ4v) is 1.46. The number of aromatic hydroxyl groups is 2. The lowest BCUT2D eigenvalue weighted by molar-refractivity contribution is 0.105. The largest absolute Gasteiger partial charge is 0.508 e. The first-order valence-corrected chi connectivity index (χ1v) is 5.11. The van der Waals surface area contributed by atoms with E-state index in [9.17, 15) is 9.90 Å². The molecule has 2 rings (SSSR count). The molecular weight excluding hydrogens is 216 g/mol. The van der Waals surface area contributed by atoms with Crippen LogP contribution in [0.15, 0.2) is 42.0 Å². The molecule has 0 spiro atoms. The Bertz CT molecular complexity index is 583. The number of hydrogen-bond donors (Lipinski definition) is 2. The van der Waals surface area contributed by atoms with Crippen LogP contribution in [-0.4, -0.2) is 16.0 Å². The van der Waals surface area contributed by atoms with Crippen LogP contribution in [0.2, 0.25) is 0 Å². The van der Waals surface area contributed by atoms with E-state index in [1.54, 1.807) is 0 Å². The maximum atomic E-state index is 11.7. The van der Waals surface area contributed by atoms with Gasteiger partial charge in [0, 0.05) is 11.6 Å². The fraction of sp³-hybridized carbons (Fsp3) is 0.0714. The summed E-state index contributed by atoms with van der Waals surface area (Å²) in [6.07, 6.45) is 6.41. The molecule has 84 valence electrons. The van der Waals surface area contributed by atoms with E-state index in [1.165, 1.54) is 12.1 Å². The van der Waals surface area contributed by atoms with Gasteiger partial charge in [-0.05, 0) is 24.5 Å². The van der Waals surface area contributed by atoms with Crippen molar-refractivity contribution in [2.45, 2.75) is 6.42 Å². The molecule has 0 bridgehead atoms. The topological polar surface area (TPSA) is 57.5 Å². The van der Waals surface area contributed by atoms with E-state index in [0.29, 0.717) is 0 Å². The van der Waals surface area contributed by atoms with E-state index >= 15 is 0 Å². The van der Waals surface area contributed by atoms with Gasteiger partial charge in [-0.25, -0.2) is 0 Å². The van der Waals surface area contributed by atoms with Crippen molar-refractivity contribution in [1.82, 2.24) is 0 Å². The lowest BCUT2D eigenvalue weighted by Crippen LogP contribution is -1.95. The van der Waals surface area contributed by atoms with Gasteiger partial charge in [0.2, 0.25) is 5.78 Å². The average molecular weight is 226 g/mol. The Kier molecular flexibility index (Phi) is 2.97. The molecule has 17 heavy (non-hydrogen) atoms. The molecule has 3 nitrogen and oxygen atoms in total. The van der Waals surface area contributed by atoms with E-state index in [2.05, 4.69) is 11.8 Å². The second-order valence-electron chi connectivity index (χ2n) is 3.60. The summed E-state index contributed by atoms with van der Waals surface area (Å²) in [6, 6.07) is 3.80. The van der Waals surface area contributed by atoms with Gasteiger partial charge in [0.1, 0.15) is 11.5 Å². The molecule has 0 radical (unpaired) electrons. The van der Waals surface area contributed by atoms with E-state index in [0.717, 1.165) is 18.1 Å². The first kappa shape index (κ1) is 11.0. The number of phenolic OH excluding ortho intramolecular Hbond substituents is 2. The van der Waals surface area contributed by atoms with Crippen molar-refractivity contribution in [3.63, 3.8) is 0 Å². The predicted octanol–water partition coefficient (Wildman–Crippen LogP) is 2.17. The fourth-order valence-electron chi connectivity index (χ4n) is 1.46. The molecule has 0 aromatic heterocycles. The van der Waals surface area contributed by atoms with Crippen molar-refractivity contribution in [2.75, 3.05) is 0 Å². The minimum atomic E-state index is -0.463. The summed E-state index contributed by atoms with van der Waals surface area (Å²) in [5.41, 5.74) is 0.971. The number of hydrogen-bond acceptors (Lipinski definition) is 3. The van der Waals surface area contributed by atoms with Gasteiger partial charge in [-0.2, -0.15) is 0 Å². The lowest BCUT2D eigenvalue weighted by atomic mass is 10.1. The zero-order valence-corrected chi connectivity index (χ0v) is 8.97. The summed E-state index contributed by atoms with van der Waals surface area (Å²) in [4.78, 5) is 11.7. The van der Waals surface area contributed by atoms with Gasteiger partial charge in [0.25, 0.3) is 0 Å². The number of Topliss-reactive ketones (excluding diaryl/α,β-unsaturated/α-hetero) is 1. The molecule has 1 aliphatic carbocycles. The number of rotatable bonds is 1. The lowest BCUT2D eigenvalue weighted by Gasteiger charge is -1.99. The van der Waals surface area contributed by atoms with Crippen LogP contribution in [0.5, 0.6) is 11.5 Å². The van der Waals surface area contributed by atoms with Gasteiger partial charge >= 0.3 is 0 Å². The Morgan fingerprint density at radius 1 is 1.29 bits per heavy atom. The predicted molar refractivity (Wildman–Crippen MR) is 63.7 cm³/mol. The summed E-state index contributed by atoms with van der Waals surface area (Å²) in [6.45, 7) is 0. The molecule has 1 aliphatic rings. The van der Waals surface area contributed by atoms with Crippen LogP contribution < -0.4 is 0 Å². The van der Waals surface area contributed by atoms with Crippen LogP contribution in [0, 0.1) is 11.8 Å². The molecular formula is C14H10O3. The van der Waals surface area contributed by atoms with E-state index < -0.39 is 5.78 Å². The zero-order valence-electron chi connectivity index (χ0n) is 8.97. The van der Waals surface area contributed by atoms with Gasteiger partial charge in [-0.1, -0.05) is 24.1 Å². The number of carbonyl (C=O) groups excluding carboxylic acids is 1. The van der Waals surface area contributed by atoms with E-state index in [4.69, 9.17) is 5.11 Å². The molecule has 2 N–H and O–H groups in total. The molecule has 0 saturated carbocycles. The number of allylic oxidation sites excluding steroid dienone is 4. The zero-order chi connectivity index (χ0) is 12.3. The average Bonchev–Trinajstić information content (AvgIpc) is 2.78. The first-order valence-electron chi connectivity index (χ1n) is 5.11. The van der Waals surface area contributed by atoms with Gasteiger partial charge in [-0.15, -0.1) is 0 Å². The summed E-state index contributed by atoms with van der Waals surface area (Å²) < 4.78 is 0. The Hall–Kier alpha value is -2.47. The van der Waals surface area contributed by atoms with Crippen LogP contribution >= 0.6 is 0 Å². The molecule has 0 fully saturated rings. The summed E-state index contributed by atoms with van der Waals surface area (Å²) >= 11 is 0. The molecule has 0 saturated heterocycles. The third-order valence-electron chi connectivity index (χ3n) is 2.33. The van der Waals surface area contributed by atoms with Crippen molar-refractivity contribution in [2.24, 2.45) is 0 Å². The van der Waals surface area contributed by atoms with Gasteiger partial charge in [0.15, 0.2) is 0 Å². The van der Waals surface area contributed by atoms with Crippen molar-refractivity contribution >= 4 is 5.78 Å². The highest BCUT2D eigenvalue weighted by atomic mass is 16.3. The van der Waals surface area contributed by atoms with Crippen molar-refractivity contribution < 1.29 is 15.0 Å². The molecule has 3 heteroatoms. The highest BCUT2D eigenvalue weighted by Crippen LogP contribution is 2.22. The maximum absolute atomic E-state index is 11.7. The van der Waals surface area contributed by atoms with E-state index in [-0.39, 0.29) is 17.1 Å². The Balaban J connectivity index is 2.20. The molecule has 1 aromatic carbocycles. The highest BCUT2D eigenvalue weighted by Gasteiger charge is 2.09. The van der Waals surface area contributed by atoms with E-state index in [1.807, 2.05) is 18.2 Å². The summed E-state index contributed by atoms with van der Waals surface area (Å²) in [7, 11) is 0. The monoisotopic (exact) mass is 226 g/mol. The van der Waals surface area contributed by atoms with Crippen LogP contribution in [-0.2, 0) is 0 Å². The number of carbonyl (C=O) groups is 1. The minimum absolute atomic E-state index is 0.0882. The molecule has 0 aliphatic heterocycles. The second kappa shape index (κ2) is 4.58. The number of phenols is 2. The normalized spacial score (nSPS) is 12.8.